The first kappa shape index (κ1) is 12.0. The van der Waals surface area contributed by atoms with E-state index in [9.17, 15) is 4.79 Å². The van der Waals surface area contributed by atoms with Gasteiger partial charge in [-0.25, -0.2) is 0 Å². The fraction of sp³-hybridized carbons (Fsp3) is 0.364. The molecular weight excluding hydrogens is 214 g/mol. The number of carboxylic acid groups (broad SMARTS) is 1. The number of hydrogen-bond donors (Lipinski definition) is 2. The van der Waals surface area contributed by atoms with Gasteiger partial charge in [0.25, 0.3) is 0 Å². The Morgan fingerprint density at radius 1 is 1.47 bits per heavy atom. The summed E-state index contributed by atoms with van der Waals surface area (Å²) in [6, 6.07) is 6.26. The van der Waals surface area contributed by atoms with Crippen LogP contribution in [-0.2, 0) is 4.79 Å². The topological polar surface area (TPSA) is 63.3 Å². The van der Waals surface area contributed by atoms with Crippen LogP contribution in [0.1, 0.15) is 24.8 Å². The molecule has 82 valence electrons. The maximum atomic E-state index is 10.8. The Kier molecular flexibility index (Phi) is 4.12. The van der Waals surface area contributed by atoms with E-state index in [4.69, 9.17) is 22.4 Å². The predicted molar refractivity (Wildman–Crippen MR) is 60.1 cm³/mol. The lowest BCUT2D eigenvalue weighted by Crippen LogP contribution is -2.36. The molecule has 1 rings (SSSR count). The summed E-state index contributed by atoms with van der Waals surface area (Å²) in [6.07, 6.45) is 0.690. The van der Waals surface area contributed by atoms with Gasteiger partial charge in [0.1, 0.15) is 6.04 Å². The van der Waals surface area contributed by atoms with Crippen molar-refractivity contribution in [2.45, 2.75) is 25.3 Å². The second-order valence-corrected chi connectivity index (χ2v) is 3.87. The Morgan fingerprint density at radius 2 is 2.00 bits per heavy atom. The van der Waals surface area contributed by atoms with E-state index in [1.54, 1.807) is 12.1 Å². The van der Waals surface area contributed by atoms with Crippen molar-refractivity contribution < 1.29 is 9.90 Å². The molecule has 0 aliphatic heterocycles. The SMILES string of the molecule is CCC(c1ccc(Cl)cc1)C(N)C(=O)O. The zero-order valence-corrected chi connectivity index (χ0v) is 9.24. The van der Waals surface area contributed by atoms with Crippen LogP contribution in [0.4, 0.5) is 0 Å². The van der Waals surface area contributed by atoms with E-state index in [0.29, 0.717) is 11.4 Å². The molecule has 0 aliphatic carbocycles. The largest absolute Gasteiger partial charge is 0.480 e. The summed E-state index contributed by atoms with van der Waals surface area (Å²) in [4.78, 5) is 10.8. The molecule has 2 atom stereocenters. The molecule has 0 fully saturated rings. The number of halogens is 1. The minimum atomic E-state index is -0.975. The molecule has 1 aromatic rings. The Balaban J connectivity index is 2.92. The molecule has 3 N–H and O–H groups in total. The van der Waals surface area contributed by atoms with Crippen molar-refractivity contribution in [3.63, 3.8) is 0 Å². The van der Waals surface area contributed by atoms with Crippen molar-refractivity contribution in [3.8, 4) is 0 Å². The summed E-state index contributed by atoms with van der Waals surface area (Å²) < 4.78 is 0. The molecule has 2 unspecified atom stereocenters. The Morgan fingerprint density at radius 3 is 2.40 bits per heavy atom. The molecule has 0 aromatic heterocycles. The summed E-state index contributed by atoms with van der Waals surface area (Å²) in [5.74, 6) is -1.14. The van der Waals surface area contributed by atoms with Crippen LogP contribution in [0.25, 0.3) is 0 Å². The predicted octanol–water partition coefficient (Wildman–Crippen LogP) is 2.25. The van der Waals surface area contributed by atoms with E-state index in [2.05, 4.69) is 0 Å². The van der Waals surface area contributed by atoms with Crippen molar-refractivity contribution in [1.29, 1.82) is 0 Å². The van der Waals surface area contributed by atoms with Gasteiger partial charge in [-0.2, -0.15) is 0 Å². The number of aliphatic carboxylic acids is 1. The molecule has 0 heterocycles. The van der Waals surface area contributed by atoms with Gasteiger partial charge < -0.3 is 10.8 Å². The second kappa shape index (κ2) is 5.14. The van der Waals surface area contributed by atoms with Crippen molar-refractivity contribution in [2.75, 3.05) is 0 Å². The summed E-state index contributed by atoms with van der Waals surface area (Å²) in [7, 11) is 0. The van der Waals surface area contributed by atoms with Crippen LogP contribution in [0.3, 0.4) is 0 Å². The minimum Gasteiger partial charge on any atom is -0.480 e. The van der Waals surface area contributed by atoms with Gasteiger partial charge in [0.05, 0.1) is 0 Å². The number of benzene rings is 1. The van der Waals surface area contributed by atoms with E-state index in [0.717, 1.165) is 5.56 Å². The van der Waals surface area contributed by atoms with Crippen LogP contribution in [0.2, 0.25) is 5.02 Å². The molecule has 0 saturated heterocycles. The average Bonchev–Trinajstić information content (AvgIpc) is 2.21. The highest BCUT2D eigenvalue weighted by atomic mass is 35.5. The molecule has 0 aliphatic rings. The normalized spacial score (nSPS) is 14.6. The third-order valence-corrected chi connectivity index (χ3v) is 2.71. The highest BCUT2D eigenvalue weighted by Crippen LogP contribution is 2.23. The highest BCUT2D eigenvalue weighted by molar-refractivity contribution is 6.30. The lowest BCUT2D eigenvalue weighted by Gasteiger charge is -2.19. The fourth-order valence-corrected chi connectivity index (χ4v) is 1.71. The summed E-state index contributed by atoms with van der Waals surface area (Å²) in [5.41, 5.74) is 6.52. The van der Waals surface area contributed by atoms with Gasteiger partial charge in [-0.05, 0) is 24.1 Å². The summed E-state index contributed by atoms with van der Waals surface area (Å²) in [5, 5.41) is 9.48. The molecule has 0 saturated carbocycles. The first-order valence-electron chi connectivity index (χ1n) is 4.80. The molecule has 4 heteroatoms. The third kappa shape index (κ3) is 2.94. The van der Waals surface area contributed by atoms with Crippen LogP contribution in [0.5, 0.6) is 0 Å². The van der Waals surface area contributed by atoms with Gasteiger partial charge >= 0.3 is 5.97 Å². The second-order valence-electron chi connectivity index (χ2n) is 3.43. The molecule has 1 aromatic carbocycles. The molecule has 0 amide bonds. The quantitative estimate of drug-likeness (QED) is 0.829. The van der Waals surface area contributed by atoms with Gasteiger partial charge in [0, 0.05) is 10.9 Å². The number of hydrogen-bond acceptors (Lipinski definition) is 2. The van der Waals surface area contributed by atoms with E-state index >= 15 is 0 Å². The van der Waals surface area contributed by atoms with Gasteiger partial charge in [0.15, 0.2) is 0 Å². The maximum absolute atomic E-state index is 10.8. The number of carboxylic acids is 1. The van der Waals surface area contributed by atoms with Gasteiger partial charge in [-0.15, -0.1) is 0 Å². The fourth-order valence-electron chi connectivity index (χ4n) is 1.58. The number of nitrogens with two attached hydrogens (primary N) is 1. The van der Waals surface area contributed by atoms with Crippen LogP contribution < -0.4 is 5.73 Å². The highest BCUT2D eigenvalue weighted by Gasteiger charge is 2.23. The molecule has 15 heavy (non-hydrogen) atoms. The van der Waals surface area contributed by atoms with Crippen molar-refractivity contribution in [1.82, 2.24) is 0 Å². The number of carbonyl (C=O) groups is 1. The standard InChI is InChI=1S/C11H14ClNO2/c1-2-9(10(13)11(14)15)7-3-5-8(12)6-4-7/h3-6,9-10H,2,13H2,1H3,(H,14,15). The van der Waals surface area contributed by atoms with Crippen LogP contribution in [0, 0.1) is 0 Å². The van der Waals surface area contributed by atoms with E-state index < -0.39 is 12.0 Å². The van der Waals surface area contributed by atoms with Crippen LogP contribution in [-0.4, -0.2) is 17.1 Å². The smallest absolute Gasteiger partial charge is 0.321 e. The average molecular weight is 228 g/mol. The zero-order chi connectivity index (χ0) is 11.4. The first-order chi connectivity index (χ1) is 7.06. The van der Waals surface area contributed by atoms with Crippen LogP contribution >= 0.6 is 11.6 Å². The van der Waals surface area contributed by atoms with Crippen LogP contribution in [0.15, 0.2) is 24.3 Å². The molecule has 0 spiro atoms. The van der Waals surface area contributed by atoms with Gasteiger partial charge in [-0.3, -0.25) is 4.79 Å². The van der Waals surface area contributed by atoms with Crippen molar-refractivity contribution in [3.05, 3.63) is 34.9 Å². The van der Waals surface area contributed by atoms with Crippen molar-refractivity contribution in [2.24, 2.45) is 5.73 Å². The van der Waals surface area contributed by atoms with Crippen molar-refractivity contribution >= 4 is 17.6 Å². The van der Waals surface area contributed by atoms with Gasteiger partial charge in [0.2, 0.25) is 0 Å². The monoisotopic (exact) mass is 227 g/mol. The van der Waals surface area contributed by atoms with E-state index in [1.165, 1.54) is 0 Å². The Bertz CT molecular complexity index is 337. The Hall–Kier alpha value is -1.06. The Labute approximate surface area is 93.9 Å². The maximum Gasteiger partial charge on any atom is 0.321 e. The lowest BCUT2D eigenvalue weighted by atomic mass is 9.90. The summed E-state index contributed by atoms with van der Waals surface area (Å²) >= 11 is 5.75. The molecule has 0 bridgehead atoms. The zero-order valence-electron chi connectivity index (χ0n) is 8.48. The third-order valence-electron chi connectivity index (χ3n) is 2.46. The molecular formula is C11H14ClNO2. The molecule has 0 radical (unpaired) electrons. The van der Waals surface area contributed by atoms with E-state index in [-0.39, 0.29) is 5.92 Å². The lowest BCUT2D eigenvalue weighted by molar-refractivity contribution is -0.139. The molecule has 3 nitrogen and oxygen atoms in total. The number of rotatable bonds is 4. The summed E-state index contributed by atoms with van der Waals surface area (Å²) in [6.45, 7) is 1.92. The van der Waals surface area contributed by atoms with E-state index in [1.807, 2.05) is 19.1 Å². The minimum absolute atomic E-state index is 0.167. The van der Waals surface area contributed by atoms with Gasteiger partial charge in [-0.1, -0.05) is 30.7 Å². The first-order valence-corrected chi connectivity index (χ1v) is 5.18.